The average Bonchev–Trinajstić information content (AvgIpc) is 2.53. The molecule has 1 rings (SSSR count). The van der Waals surface area contributed by atoms with Crippen molar-refractivity contribution in [2.24, 2.45) is 0 Å². The molecular formula is C10H15ClS. The third kappa shape index (κ3) is 3.16. The first kappa shape index (κ1) is 10.1. The van der Waals surface area contributed by atoms with Gasteiger partial charge in [0.05, 0.1) is 0 Å². The summed E-state index contributed by atoms with van der Waals surface area (Å²) >= 11 is 7.54. The molecule has 0 atom stereocenters. The Labute approximate surface area is 83.6 Å². The fourth-order valence-electron chi connectivity index (χ4n) is 1.14. The molecule has 0 fully saturated rings. The maximum absolute atomic E-state index is 5.60. The van der Waals surface area contributed by atoms with Gasteiger partial charge in [-0.3, -0.25) is 0 Å². The van der Waals surface area contributed by atoms with Crippen molar-refractivity contribution in [2.75, 3.05) is 5.88 Å². The van der Waals surface area contributed by atoms with Gasteiger partial charge in [-0.1, -0.05) is 6.92 Å². The van der Waals surface area contributed by atoms with Crippen molar-refractivity contribution in [1.29, 1.82) is 0 Å². The van der Waals surface area contributed by atoms with Gasteiger partial charge in [0.25, 0.3) is 0 Å². The molecule has 0 aliphatic rings. The summed E-state index contributed by atoms with van der Waals surface area (Å²) in [7, 11) is 0. The highest BCUT2D eigenvalue weighted by Crippen LogP contribution is 2.18. The molecule has 0 unspecified atom stereocenters. The molecule has 0 amide bonds. The third-order valence-corrected chi connectivity index (χ3v) is 3.43. The second kappa shape index (κ2) is 5.60. The first-order valence-electron chi connectivity index (χ1n) is 4.50. The third-order valence-electron chi connectivity index (χ3n) is 1.87. The highest BCUT2D eigenvalue weighted by atomic mass is 35.5. The van der Waals surface area contributed by atoms with Gasteiger partial charge in [0.1, 0.15) is 0 Å². The largest absolute Gasteiger partial charge is 0.145 e. The van der Waals surface area contributed by atoms with Crippen molar-refractivity contribution >= 4 is 22.9 Å². The second-order valence-corrected chi connectivity index (χ2v) is 4.50. The average molecular weight is 203 g/mol. The molecule has 12 heavy (non-hydrogen) atoms. The number of aryl methyl sites for hydroxylation is 2. The molecule has 0 aliphatic heterocycles. The smallest absolute Gasteiger partial charge is 0.0223 e. The molecule has 0 aliphatic carbocycles. The zero-order valence-electron chi connectivity index (χ0n) is 7.48. The van der Waals surface area contributed by atoms with Crippen molar-refractivity contribution < 1.29 is 0 Å². The summed E-state index contributed by atoms with van der Waals surface area (Å²) in [4.78, 5) is 3.01. The Morgan fingerprint density at radius 1 is 1.25 bits per heavy atom. The molecule has 2 heteroatoms. The molecule has 0 radical (unpaired) electrons. The summed E-state index contributed by atoms with van der Waals surface area (Å²) in [6.45, 7) is 2.20. The van der Waals surface area contributed by atoms with Crippen LogP contribution in [0.5, 0.6) is 0 Å². The first-order chi connectivity index (χ1) is 5.86. The van der Waals surface area contributed by atoms with E-state index in [2.05, 4.69) is 19.1 Å². The van der Waals surface area contributed by atoms with Gasteiger partial charge in [-0.05, 0) is 37.8 Å². The van der Waals surface area contributed by atoms with Gasteiger partial charge in [0.15, 0.2) is 0 Å². The van der Waals surface area contributed by atoms with Crippen LogP contribution in [0.15, 0.2) is 12.1 Å². The Balaban J connectivity index is 2.31. The van der Waals surface area contributed by atoms with Crippen LogP contribution in [0.3, 0.4) is 0 Å². The van der Waals surface area contributed by atoms with Gasteiger partial charge in [0, 0.05) is 15.6 Å². The molecule has 0 saturated heterocycles. The van der Waals surface area contributed by atoms with E-state index in [1.807, 2.05) is 11.3 Å². The van der Waals surface area contributed by atoms with Crippen LogP contribution in [-0.4, -0.2) is 5.88 Å². The minimum atomic E-state index is 0.798. The van der Waals surface area contributed by atoms with E-state index in [1.165, 1.54) is 29.0 Å². The van der Waals surface area contributed by atoms with E-state index >= 15 is 0 Å². The fraction of sp³-hybridized carbons (Fsp3) is 0.600. The van der Waals surface area contributed by atoms with Gasteiger partial charge in [0.2, 0.25) is 0 Å². The molecule has 0 saturated carbocycles. The molecule has 1 heterocycles. The normalized spacial score (nSPS) is 10.5. The van der Waals surface area contributed by atoms with Crippen molar-refractivity contribution in [3.05, 3.63) is 21.9 Å². The summed E-state index contributed by atoms with van der Waals surface area (Å²) in [5.74, 6) is 0.798. The Hall–Kier alpha value is -0.0100. The summed E-state index contributed by atoms with van der Waals surface area (Å²) in [5.41, 5.74) is 0. The maximum Gasteiger partial charge on any atom is 0.0223 e. The summed E-state index contributed by atoms with van der Waals surface area (Å²) in [6, 6.07) is 4.48. The van der Waals surface area contributed by atoms with Gasteiger partial charge in [-0.25, -0.2) is 0 Å². The summed E-state index contributed by atoms with van der Waals surface area (Å²) in [5, 5.41) is 0. The number of alkyl halides is 1. The van der Waals surface area contributed by atoms with E-state index < -0.39 is 0 Å². The van der Waals surface area contributed by atoms with E-state index in [9.17, 15) is 0 Å². The Kier molecular flexibility index (Phi) is 4.70. The van der Waals surface area contributed by atoms with E-state index in [-0.39, 0.29) is 0 Å². The zero-order valence-corrected chi connectivity index (χ0v) is 9.05. The number of rotatable bonds is 5. The molecule has 0 bridgehead atoms. The van der Waals surface area contributed by atoms with Gasteiger partial charge in [-0.2, -0.15) is 0 Å². The zero-order chi connectivity index (χ0) is 8.81. The topological polar surface area (TPSA) is 0 Å². The highest BCUT2D eigenvalue weighted by Gasteiger charge is 1.97. The predicted octanol–water partition coefficient (Wildman–Crippen LogP) is 3.87. The van der Waals surface area contributed by atoms with Crippen LogP contribution in [-0.2, 0) is 12.8 Å². The number of thiophene rings is 1. The van der Waals surface area contributed by atoms with Crippen molar-refractivity contribution in [2.45, 2.75) is 32.6 Å². The molecule has 0 nitrogen and oxygen atoms in total. The number of hydrogen-bond donors (Lipinski definition) is 0. The number of unbranched alkanes of at least 4 members (excludes halogenated alkanes) is 1. The van der Waals surface area contributed by atoms with Crippen LogP contribution in [0.2, 0.25) is 0 Å². The van der Waals surface area contributed by atoms with Gasteiger partial charge >= 0.3 is 0 Å². The summed E-state index contributed by atoms with van der Waals surface area (Å²) in [6.07, 6.45) is 4.74. The fourth-order valence-corrected chi connectivity index (χ4v) is 2.33. The standard InChI is InChI=1S/C10H15ClS/c1-2-9-6-7-10(12-9)5-3-4-8-11/h6-7H,2-5,8H2,1H3. The number of hydrogen-bond acceptors (Lipinski definition) is 1. The van der Waals surface area contributed by atoms with Crippen LogP contribution in [0.25, 0.3) is 0 Å². The Morgan fingerprint density at radius 2 is 2.00 bits per heavy atom. The van der Waals surface area contributed by atoms with Gasteiger partial charge in [-0.15, -0.1) is 22.9 Å². The molecule has 1 aromatic heterocycles. The minimum Gasteiger partial charge on any atom is -0.145 e. The second-order valence-electron chi connectivity index (χ2n) is 2.87. The van der Waals surface area contributed by atoms with Crippen LogP contribution in [0.1, 0.15) is 29.5 Å². The highest BCUT2D eigenvalue weighted by molar-refractivity contribution is 7.11. The van der Waals surface area contributed by atoms with Crippen LogP contribution >= 0.6 is 22.9 Å². The lowest BCUT2D eigenvalue weighted by atomic mass is 10.2. The van der Waals surface area contributed by atoms with E-state index in [0.717, 1.165) is 12.3 Å². The molecule has 0 N–H and O–H groups in total. The lowest BCUT2D eigenvalue weighted by Gasteiger charge is -1.93. The number of halogens is 1. The first-order valence-corrected chi connectivity index (χ1v) is 5.85. The van der Waals surface area contributed by atoms with E-state index in [1.54, 1.807) is 0 Å². The monoisotopic (exact) mass is 202 g/mol. The Bertz CT molecular complexity index is 217. The van der Waals surface area contributed by atoms with E-state index in [0.29, 0.717) is 0 Å². The predicted molar refractivity (Wildman–Crippen MR) is 57.4 cm³/mol. The molecule has 0 aromatic carbocycles. The van der Waals surface area contributed by atoms with Crippen molar-refractivity contribution in [3.8, 4) is 0 Å². The van der Waals surface area contributed by atoms with Crippen molar-refractivity contribution in [3.63, 3.8) is 0 Å². The molecule has 0 spiro atoms. The SMILES string of the molecule is CCc1ccc(CCCCCl)s1. The van der Waals surface area contributed by atoms with Crippen molar-refractivity contribution in [1.82, 2.24) is 0 Å². The lowest BCUT2D eigenvalue weighted by molar-refractivity contribution is 0.809. The lowest BCUT2D eigenvalue weighted by Crippen LogP contribution is -1.81. The van der Waals surface area contributed by atoms with Crippen LogP contribution < -0.4 is 0 Å². The van der Waals surface area contributed by atoms with Gasteiger partial charge < -0.3 is 0 Å². The van der Waals surface area contributed by atoms with Crippen LogP contribution in [0, 0.1) is 0 Å². The quantitative estimate of drug-likeness (QED) is 0.502. The summed E-state index contributed by atoms with van der Waals surface area (Å²) < 4.78 is 0. The molecular weight excluding hydrogens is 188 g/mol. The van der Waals surface area contributed by atoms with Crippen LogP contribution in [0.4, 0.5) is 0 Å². The minimum absolute atomic E-state index is 0.798. The maximum atomic E-state index is 5.60. The molecule has 68 valence electrons. The Morgan fingerprint density at radius 3 is 2.58 bits per heavy atom. The molecule has 1 aromatic rings. The van der Waals surface area contributed by atoms with E-state index in [4.69, 9.17) is 11.6 Å².